The molecule has 0 spiro atoms. The number of benzene rings is 1. The van der Waals surface area contributed by atoms with E-state index in [1.807, 2.05) is 23.6 Å². The van der Waals surface area contributed by atoms with Gasteiger partial charge >= 0.3 is 5.97 Å². The van der Waals surface area contributed by atoms with Gasteiger partial charge in [0.05, 0.1) is 26.3 Å². The monoisotopic (exact) mass is 446 g/mol. The number of esters is 1. The van der Waals surface area contributed by atoms with Gasteiger partial charge in [0, 0.05) is 17.0 Å². The third-order valence-corrected chi connectivity index (χ3v) is 6.28. The summed E-state index contributed by atoms with van der Waals surface area (Å²) in [7, 11) is 3.17. The Labute approximate surface area is 187 Å². The second kappa shape index (κ2) is 11.7. The quantitative estimate of drug-likeness (QED) is 0.613. The molecule has 1 fully saturated rings. The van der Waals surface area contributed by atoms with Gasteiger partial charge in [-0.3, -0.25) is 9.59 Å². The summed E-state index contributed by atoms with van der Waals surface area (Å²) in [5, 5.41) is 5.59. The van der Waals surface area contributed by atoms with E-state index >= 15 is 0 Å². The lowest BCUT2D eigenvalue weighted by molar-refractivity contribution is -0.148. The van der Waals surface area contributed by atoms with Gasteiger partial charge in [-0.25, -0.2) is 4.98 Å². The lowest BCUT2D eigenvalue weighted by Crippen LogP contribution is -2.38. The number of carbonyl (C=O) groups excluding carboxylic acids is 2. The summed E-state index contributed by atoms with van der Waals surface area (Å²) in [5.41, 5.74) is 1.49. The summed E-state index contributed by atoms with van der Waals surface area (Å²) >= 11 is 1.43. The molecule has 0 atom stereocenters. The predicted octanol–water partition coefficient (Wildman–Crippen LogP) is 4.14. The van der Waals surface area contributed by atoms with Crippen molar-refractivity contribution >= 4 is 23.2 Å². The van der Waals surface area contributed by atoms with Crippen molar-refractivity contribution in [3.8, 4) is 22.1 Å². The zero-order valence-corrected chi connectivity index (χ0v) is 19.0. The Morgan fingerprint density at radius 2 is 1.77 bits per heavy atom. The van der Waals surface area contributed by atoms with Gasteiger partial charge in [-0.2, -0.15) is 0 Å². The van der Waals surface area contributed by atoms with E-state index in [0.717, 1.165) is 36.3 Å². The topological polar surface area (TPSA) is 86.8 Å². The molecule has 1 heterocycles. The summed E-state index contributed by atoms with van der Waals surface area (Å²) in [5.74, 6) is 0.566. The van der Waals surface area contributed by atoms with E-state index in [2.05, 4.69) is 10.3 Å². The first kappa shape index (κ1) is 23.1. The molecule has 0 aliphatic heterocycles. The molecule has 1 aliphatic rings. The number of methoxy groups -OCH3 is 2. The van der Waals surface area contributed by atoms with Gasteiger partial charge in [0.2, 0.25) is 0 Å². The Balaban J connectivity index is 1.48. The van der Waals surface area contributed by atoms with Crippen LogP contribution in [-0.2, 0) is 20.7 Å². The van der Waals surface area contributed by atoms with E-state index in [0.29, 0.717) is 17.2 Å². The Morgan fingerprint density at radius 1 is 1.06 bits per heavy atom. The SMILES string of the molecule is COc1ccc(-c2nc(CC(=O)OCC(=O)NC3CCCCCCC3)cs2)cc1OC. The number of aromatic nitrogens is 1. The molecule has 168 valence electrons. The van der Waals surface area contributed by atoms with Crippen LogP contribution in [0.2, 0.25) is 0 Å². The third kappa shape index (κ3) is 6.95. The van der Waals surface area contributed by atoms with Crippen LogP contribution in [0.15, 0.2) is 23.6 Å². The number of hydrogen-bond acceptors (Lipinski definition) is 7. The first-order chi connectivity index (χ1) is 15.1. The fraction of sp³-hybridized carbons (Fsp3) is 0.522. The molecule has 0 saturated heterocycles. The summed E-state index contributed by atoms with van der Waals surface area (Å²) in [6, 6.07) is 5.74. The van der Waals surface area contributed by atoms with Gasteiger partial charge in [0.25, 0.3) is 5.91 Å². The van der Waals surface area contributed by atoms with Crippen LogP contribution in [0.1, 0.15) is 50.6 Å². The number of hydrogen-bond donors (Lipinski definition) is 1. The van der Waals surface area contributed by atoms with Crippen molar-refractivity contribution in [3.63, 3.8) is 0 Å². The predicted molar refractivity (Wildman–Crippen MR) is 120 cm³/mol. The second-order valence-corrected chi connectivity index (χ2v) is 8.52. The number of amides is 1. The molecule has 2 aromatic rings. The zero-order chi connectivity index (χ0) is 22.1. The van der Waals surface area contributed by atoms with Crippen LogP contribution >= 0.6 is 11.3 Å². The number of nitrogens with zero attached hydrogens (tertiary/aromatic N) is 1. The molecule has 31 heavy (non-hydrogen) atoms. The molecule has 1 N–H and O–H groups in total. The molecular weight excluding hydrogens is 416 g/mol. The molecule has 0 unspecified atom stereocenters. The van der Waals surface area contributed by atoms with Crippen molar-refractivity contribution < 1.29 is 23.8 Å². The van der Waals surface area contributed by atoms with Crippen molar-refractivity contribution in [2.75, 3.05) is 20.8 Å². The van der Waals surface area contributed by atoms with Crippen LogP contribution in [0.5, 0.6) is 11.5 Å². The largest absolute Gasteiger partial charge is 0.493 e. The van der Waals surface area contributed by atoms with Crippen molar-refractivity contribution in [1.29, 1.82) is 0 Å². The third-order valence-electron chi connectivity index (χ3n) is 5.34. The van der Waals surface area contributed by atoms with Gasteiger partial charge in [0.1, 0.15) is 5.01 Å². The number of ether oxygens (including phenoxy) is 3. The summed E-state index contributed by atoms with van der Waals surface area (Å²) in [4.78, 5) is 28.8. The van der Waals surface area contributed by atoms with Gasteiger partial charge < -0.3 is 19.5 Å². The van der Waals surface area contributed by atoms with Crippen molar-refractivity contribution in [3.05, 3.63) is 29.3 Å². The van der Waals surface area contributed by atoms with Crippen molar-refractivity contribution in [2.24, 2.45) is 0 Å². The first-order valence-electron chi connectivity index (χ1n) is 10.7. The van der Waals surface area contributed by atoms with Crippen LogP contribution < -0.4 is 14.8 Å². The van der Waals surface area contributed by atoms with Crippen LogP contribution in [-0.4, -0.2) is 43.7 Å². The van der Waals surface area contributed by atoms with Crippen LogP contribution in [0.4, 0.5) is 0 Å². The van der Waals surface area contributed by atoms with E-state index < -0.39 is 5.97 Å². The van der Waals surface area contributed by atoms with E-state index in [1.165, 1.54) is 30.6 Å². The van der Waals surface area contributed by atoms with Crippen LogP contribution in [0.25, 0.3) is 10.6 Å². The van der Waals surface area contributed by atoms with E-state index in [1.54, 1.807) is 14.2 Å². The average Bonchev–Trinajstić information content (AvgIpc) is 3.22. The molecule has 3 rings (SSSR count). The molecule has 0 radical (unpaired) electrons. The van der Waals surface area contributed by atoms with E-state index in [-0.39, 0.29) is 25.0 Å². The lowest BCUT2D eigenvalue weighted by Gasteiger charge is -2.20. The minimum absolute atomic E-state index is 0.0283. The lowest BCUT2D eigenvalue weighted by atomic mass is 9.97. The summed E-state index contributed by atoms with van der Waals surface area (Å²) in [6.45, 7) is -0.248. The molecule has 1 amide bonds. The smallest absolute Gasteiger partial charge is 0.312 e. The molecule has 1 aromatic carbocycles. The number of nitrogens with one attached hydrogen (secondary N) is 1. The highest BCUT2D eigenvalue weighted by Gasteiger charge is 2.16. The molecule has 1 aliphatic carbocycles. The maximum atomic E-state index is 12.2. The van der Waals surface area contributed by atoms with Crippen LogP contribution in [0, 0.1) is 0 Å². The summed E-state index contributed by atoms with van der Waals surface area (Å²) < 4.78 is 15.8. The molecule has 7 nitrogen and oxygen atoms in total. The van der Waals surface area contributed by atoms with Crippen molar-refractivity contribution in [2.45, 2.75) is 57.4 Å². The Kier molecular flexibility index (Phi) is 8.70. The average molecular weight is 447 g/mol. The Morgan fingerprint density at radius 3 is 2.48 bits per heavy atom. The van der Waals surface area contributed by atoms with Gasteiger partial charge in [-0.15, -0.1) is 11.3 Å². The number of rotatable bonds is 8. The maximum absolute atomic E-state index is 12.2. The van der Waals surface area contributed by atoms with Gasteiger partial charge in [-0.05, 0) is 31.0 Å². The van der Waals surface area contributed by atoms with E-state index in [9.17, 15) is 9.59 Å². The highest BCUT2D eigenvalue weighted by Crippen LogP contribution is 2.33. The number of carbonyl (C=O) groups is 2. The zero-order valence-electron chi connectivity index (χ0n) is 18.1. The Hall–Kier alpha value is -2.61. The molecule has 0 bridgehead atoms. The fourth-order valence-electron chi connectivity index (χ4n) is 3.70. The number of thiazole rings is 1. The minimum Gasteiger partial charge on any atom is -0.493 e. The van der Waals surface area contributed by atoms with Crippen molar-refractivity contribution in [1.82, 2.24) is 10.3 Å². The maximum Gasteiger partial charge on any atom is 0.312 e. The summed E-state index contributed by atoms with van der Waals surface area (Å²) in [6.07, 6.45) is 8.02. The standard InChI is InChI=1S/C23H30N2O5S/c1-28-19-11-10-16(12-20(19)29-2)23-25-18(15-31-23)13-22(27)30-14-21(26)24-17-8-6-4-3-5-7-9-17/h10-12,15,17H,3-9,13-14H2,1-2H3,(H,24,26). The molecular formula is C23H30N2O5S. The second-order valence-electron chi connectivity index (χ2n) is 7.66. The van der Waals surface area contributed by atoms with Crippen LogP contribution in [0.3, 0.4) is 0 Å². The van der Waals surface area contributed by atoms with Gasteiger partial charge in [-0.1, -0.05) is 32.1 Å². The fourth-order valence-corrected chi connectivity index (χ4v) is 4.52. The highest BCUT2D eigenvalue weighted by molar-refractivity contribution is 7.13. The first-order valence-corrected chi connectivity index (χ1v) is 11.6. The van der Waals surface area contributed by atoms with E-state index in [4.69, 9.17) is 14.2 Å². The molecule has 8 heteroatoms. The Bertz CT molecular complexity index is 875. The normalized spacial score (nSPS) is 14.9. The minimum atomic E-state index is -0.461. The molecule has 1 aromatic heterocycles. The van der Waals surface area contributed by atoms with Gasteiger partial charge in [0.15, 0.2) is 18.1 Å². The highest BCUT2D eigenvalue weighted by atomic mass is 32.1. The molecule has 1 saturated carbocycles.